The van der Waals surface area contributed by atoms with Crippen LogP contribution in [-0.4, -0.2) is 68.4 Å². The number of hydrogen-bond acceptors (Lipinski definition) is 12. The molecule has 34 heavy (non-hydrogen) atoms. The molecule has 20 heteroatoms. The zero-order chi connectivity index (χ0) is 22.1. The SMILES string of the molecule is O=S(=O)([O-])[O-].O=S(=O)([O-])[O-].OCCc1ccccn1.OCCc1ccccn1.[Co+2].[Co+2].[OH3+].[OH3+].[OH3+].[OH3+]. The van der Waals surface area contributed by atoms with E-state index in [1.807, 2.05) is 36.4 Å². The fourth-order valence-corrected chi connectivity index (χ4v) is 1.32. The Balaban J connectivity index is -0.0000000432. The van der Waals surface area contributed by atoms with Crippen molar-refractivity contribution in [2.45, 2.75) is 12.8 Å². The van der Waals surface area contributed by atoms with E-state index in [-0.39, 0.29) is 68.7 Å². The monoisotopic (exact) mass is 632 g/mol. The zero-order valence-electron chi connectivity index (χ0n) is 17.3. The number of rotatable bonds is 4. The van der Waals surface area contributed by atoms with E-state index in [4.69, 9.17) is 45.3 Å². The van der Waals surface area contributed by atoms with Crippen molar-refractivity contribution < 1.29 is 101 Å². The molecule has 0 atom stereocenters. The first-order valence-electron chi connectivity index (χ1n) is 7.21. The summed E-state index contributed by atoms with van der Waals surface area (Å²) in [5.74, 6) is 0. The summed E-state index contributed by atoms with van der Waals surface area (Å²) in [6.07, 6.45) is 4.76. The number of aliphatic hydroxyl groups excluding tert-OH is 2. The van der Waals surface area contributed by atoms with Gasteiger partial charge in [-0.25, -0.2) is 0 Å². The second-order valence-electron chi connectivity index (χ2n) is 4.41. The molecule has 2 radical (unpaired) electrons. The average Bonchev–Trinajstić information content (AvgIpc) is 2.55. The maximum absolute atomic E-state index is 8.52. The number of nitrogens with zero attached hydrogens (tertiary/aromatic N) is 2. The van der Waals surface area contributed by atoms with Crippen LogP contribution in [-0.2, 0) is 89.1 Å². The van der Waals surface area contributed by atoms with E-state index < -0.39 is 20.8 Å². The smallest absolute Gasteiger partial charge is 0.759 e. The molecule has 2 rings (SSSR count). The van der Waals surface area contributed by atoms with Gasteiger partial charge in [-0.15, -0.1) is 0 Å². The molecule has 2 aromatic rings. The molecule has 0 bridgehead atoms. The molecule has 14 N–H and O–H groups in total. The zero-order valence-corrected chi connectivity index (χ0v) is 21.0. The van der Waals surface area contributed by atoms with Crippen molar-refractivity contribution >= 4 is 20.8 Å². The Morgan fingerprint density at radius 2 is 0.853 bits per heavy atom. The van der Waals surface area contributed by atoms with E-state index in [0.717, 1.165) is 11.4 Å². The van der Waals surface area contributed by atoms with Crippen molar-refractivity contribution in [2.24, 2.45) is 0 Å². The molecule has 16 nitrogen and oxygen atoms in total. The predicted octanol–water partition coefficient (Wildman–Crippen LogP) is -5.14. The summed E-state index contributed by atoms with van der Waals surface area (Å²) in [5, 5.41) is 17.0. The molecule has 0 aliphatic heterocycles. The molecule has 0 aliphatic carbocycles. The quantitative estimate of drug-likeness (QED) is 0.181. The largest absolute Gasteiger partial charge is 2.00 e. The molecule has 0 aliphatic rings. The number of aliphatic hydroxyl groups is 2. The van der Waals surface area contributed by atoms with Crippen LogP contribution in [0.1, 0.15) is 11.4 Å². The van der Waals surface area contributed by atoms with E-state index in [9.17, 15) is 0 Å². The molecule has 2 heterocycles. The Kier molecular flexibility index (Phi) is 50.5. The maximum atomic E-state index is 8.52. The summed E-state index contributed by atoms with van der Waals surface area (Å²) in [4.78, 5) is 8.02. The van der Waals surface area contributed by atoms with Gasteiger partial charge < -0.3 is 50.3 Å². The standard InChI is InChI=1S/2C7H9NO.2Co.2H2O4S.4H2O/c2*9-6-4-7-3-1-2-5-8-7;;;2*1-5(2,3)4;;;;/h2*1-3,5,9H,4,6H2;;;2*(H2,1,2,3,4);4*1H2/q;;2*+2;;;;;;. The van der Waals surface area contributed by atoms with Gasteiger partial charge in [-0.2, -0.15) is 0 Å². The Hall–Kier alpha value is -1.19. The first-order chi connectivity index (χ1) is 12.9. The van der Waals surface area contributed by atoms with E-state index >= 15 is 0 Å². The second-order valence-corrected chi connectivity index (χ2v) is 6.04. The molecule has 0 amide bonds. The summed E-state index contributed by atoms with van der Waals surface area (Å²) >= 11 is 0. The van der Waals surface area contributed by atoms with Gasteiger partial charge in [0.2, 0.25) is 0 Å². The van der Waals surface area contributed by atoms with Crippen molar-refractivity contribution in [2.75, 3.05) is 13.2 Å². The van der Waals surface area contributed by atoms with Crippen LogP contribution in [0.5, 0.6) is 0 Å². The van der Waals surface area contributed by atoms with Crippen molar-refractivity contribution in [3.8, 4) is 0 Å². The van der Waals surface area contributed by atoms with Gasteiger partial charge in [-0.3, -0.25) is 26.8 Å². The van der Waals surface area contributed by atoms with E-state index in [0.29, 0.717) is 12.8 Å². The molecule has 0 unspecified atom stereocenters. The Labute approximate surface area is 217 Å². The minimum atomic E-state index is -5.17. The summed E-state index contributed by atoms with van der Waals surface area (Å²) in [6.45, 7) is 0.355. The van der Waals surface area contributed by atoms with Crippen LogP contribution in [0.2, 0.25) is 0 Å². The third-order valence-electron chi connectivity index (χ3n) is 2.19. The molecule has 0 spiro atoms. The van der Waals surface area contributed by atoms with Gasteiger partial charge in [0.05, 0.1) is 0 Å². The van der Waals surface area contributed by atoms with Crippen LogP contribution < -0.4 is 0 Å². The van der Waals surface area contributed by atoms with E-state index in [1.165, 1.54) is 0 Å². The number of hydrogen-bond donors (Lipinski definition) is 2. The van der Waals surface area contributed by atoms with Crippen LogP contribution in [0.3, 0.4) is 0 Å². The molecule has 2 aromatic heterocycles. The second kappa shape index (κ2) is 31.8. The minimum Gasteiger partial charge on any atom is -0.759 e. The first kappa shape index (κ1) is 53.9. The third kappa shape index (κ3) is 63.2. The fraction of sp³-hybridized carbons (Fsp3) is 0.286. The minimum absolute atomic E-state index is 0. The molecular formula is C14H30Co2N2O14S2+4. The van der Waals surface area contributed by atoms with Crippen LogP contribution in [0, 0.1) is 0 Å². The van der Waals surface area contributed by atoms with Gasteiger partial charge in [0.25, 0.3) is 0 Å². The van der Waals surface area contributed by atoms with Gasteiger partial charge in [0.15, 0.2) is 0 Å². The Morgan fingerprint density at radius 3 is 1.00 bits per heavy atom. The number of aromatic nitrogens is 2. The van der Waals surface area contributed by atoms with Crippen LogP contribution in [0.25, 0.3) is 0 Å². The van der Waals surface area contributed by atoms with Gasteiger partial charge >= 0.3 is 33.6 Å². The topological polar surface area (TPSA) is 359 Å². The van der Waals surface area contributed by atoms with Crippen LogP contribution in [0.15, 0.2) is 48.8 Å². The summed E-state index contributed by atoms with van der Waals surface area (Å²) in [7, 11) is -10.3. The Bertz CT molecular complexity index is 744. The molecule has 0 saturated carbocycles. The maximum Gasteiger partial charge on any atom is 2.00 e. The van der Waals surface area contributed by atoms with Crippen molar-refractivity contribution in [3.05, 3.63) is 60.2 Å². The Morgan fingerprint density at radius 1 is 0.618 bits per heavy atom. The number of pyridine rings is 2. The summed E-state index contributed by atoms with van der Waals surface area (Å²) in [6, 6.07) is 11.4. The van der Waals surface area contributed by atoms with Gasteiger partial charge in [-0.1, -0.05) is 12.1 Å². The van der Waals surface area contributed by atoms with E-state index in [1.54, 1.807) is 12.4 Å². The molecule has 0 aromatic carbocycles. The summed E-state index contributed by atoms with van der Waals surface area (Å²) < 4.78 is 68.2. The van der Waals surface area contributed by atoms with Gasteiger partial charge in [0, 0.05) is 70.6 Å². The molecule has 206 valence electrons. The van der Waals surface area contributed by atoms with E-state index in [2.05, 4.69) is 9.97 Å². The van der Waals surface area contributed by atoms with Crippen molar-refractivity contribution in [3.63, 3.8) is 0 Å². The van der Waals surface area contributed by atoms with Gasteiger partial charge in [0.1, 0.15) is 0 Å². The fourth-order valence-electron chi connectivity index (χ4n) is 1.32. The van der Waals surface area contributed by atoms with Crippen LogP contribution in [0.4, 0.5) is 0 Å². The van der Waals surface area contributed by atoms with Crippen molar-refractivity contribution in [1.82, 2.24) is 9.97 Å². The van der Waals surface area contributed by atoms with Crippen molar-refractivity contribution in [1.29, 1.82) is 0 Å². The van der Waals surface area contributed by atoms with Gasteiger partial charge in [-0.05, 0) is 24.3 Å². The molecule has 0 fully saturated rings. The first-order valence-corrected chi connectivity index (χ1v) is 9.88. The molecular weight excluding hydrogens is 602 g/mol. The predicted molar refractivity (Wildman–Crippen MR) is 110 cm³/mol. The van der Waals surface area contributed by atoms with Crippen LogP contribution >= 0.6 is 0 Å². The summed E-state index contributed by atoms with van der Waals surface area (Å²) in [5.41, 5.74) is 1.89. The average molecular weight is 632 g/mol. The third-order valence-corrected chi connectivity index (χ3v) is 2.19. The normalized spacial score (nSPS) is 8.41. The molecule has 0 saturated heterocycles.